The van der Waals surface area contributed by atoms with Gasteiger partial charge in [-0.2, -0.15) is 0 Å². The highest BCUT2D eigenvalue weighted by atomic mass is 16.5. The Bertz CT molecular complexity index is 591. The second-order valence-electron chi connectivity index (χ2n) is 8.23. The van der Waals surface area contributed by atoms with Gasteiger partial charge in [-0.1, -0.05) is 40.0 Å². The molecule has 4 N–H and O–H groups in total. The van der Waals surface area contributed by atoms with E-state index >= 15 is 0 Å². The summed E-state index contributed by atoms with van der Waals surface area (Å²) >= 11 is 0. The van der Waals surface area contributed by atoms with Crippen molar-refractivity contribution in [2.45, 2.75) is 96.2 Å². The van der Waals surface area contributed by atoms with E-state index in [9.17, 15) is 20.4 Å². The number of aromatic nitrogens is 2. The molecule has 0 unspecified atom stereocenters. The summed E-state index contributed by atoms with van der Waals surface area (Å²) in [7, 11) is 0. The summed E-state index contributed by atoms with van der Waals surface area (Å²) in [6.07, 6.45) is 4.26. The molecule has 33 heavy (non-hydrogen) atoms. The summed E-state index contributed by atoms with van der Waals surface area (Å²) in [4.78, 5) is 8.78. The van der Waals surface area contributed by atoms with Crippen molar-refractivity contribution in [1.82, 2.24) is 9.97 Å². The third-order valence-corrected chi connectivity index (χ3v) is 5.37. The largest absolute Gasteiger partial charge is 0.394 e. The maximum atomic E-state index is 10.9. The normalized spacial score (nSPS) is 16.3. The van der Waals surface area contributed by atoms with Crippen LogP contribution in [0.1, 0.15) is 76.8 Å². The lowest BCUT2D eigenvalue weighted by molar-refractivity contribution is -0.128. The summed E-state index contributed by atoms with van der Waals surface area (Å²) in [6.45, 7) is 6.86. The highest BCUT2D eigenvalue weighted by Gasteiger charge is 2.31. The minimum Gasteiger partial charge on any atom is -0.394 e. The van der Waals surface area contributed by atoms with E-state index in [4.69, 9.17) is 14.2 Å². The molecule has 9 heteroatoms. The van der Waals surface area contributed by atoms with Gasteiger partial charge >= 0.3 is 0 Å². The molecule has 0 spiro atoms. The number of aliphatic hydroxyl groups is 4. The van der Waals surface area contributed by atoms with Gasteiger partial charge in [-0.05, 0) is 19.3 Å². The first-order valence-electron chi connectivity index (χ1n) is 12.3. The molecule has 0 amide bonds. The van der Waals surface area contributed by atoms with Gasteiger partial charge in [0.05, 0.1) is 36.9 Å². The molecule has 1 rings (SSSR count). The average Bonchev–Trinajstić information content (AvgIpc) is 2.83. The molecule has 0 aliphatic heterocycles. The van der Waals surface area contributed by atoms with Crippen LogP contribution in [0.4, 0.5) is 0 Å². The van der Waals surface area contributed by atoms with Gasteiger partial charge in [-0.3, -0.25) is 9.97 Å². The maximum Gasteiger partial charge on any atom is 0.129 e. The Labute approximate surface area is 198 Å². The topological polar surface area (TPSA) is 134 Å². The summed E-state index contributed by atoms with van der Waals surface area (Å²) < 4.78 is 17.1. The number of rotatable bonds is 20. The molecular formula is C24H44N2O7. The number of nitrogens with zero attached hydrogens (tertiary/aromatic N) is 2. The van der Waals surface area contributed by atoms with Crippen molar-refractivity contribution in [3.63, 3.8) is 0 Å². The van der Waals surface area contributed by atoms with E-state index in [1.54, 1.807) is 0 Å². The molecule has 0 saturated heterocycles. The Morgan fingerprint density at radius 1 is 0.758 bits per heavy atom. The molecule has 0 saturated carbocycles. The minimum absolute atomic E-state index is 0.175. The predicted molar refractivity (Wildman–Crippen MR) is 125 cm³/mol. The summed E-state index contributed by atoms with van der Waals surface area (Å²) in [5, 5.41) is 40.5. The Morgan fingerprint density at radius 2 is 1.30 bits per heavy atom. The van der Waals surface area contributed by atoms with Crippen LogP contribution in [-0.4, -0.2) is 87.8 Å². The van der Waals surface area contributed by atoms with Crippen molar-refractivity contribution in [3.8, 4) is 0 Å². The molecular weight excluding hydrogens is 428 g/mol. The van der Waals surface area contributed by atoms with Crippen LogP contribution in [0.5, 0.6) is 0 Å². The molecule has 5 atom stereocenters. The minimum atomic E-state index is -1.11. The lowest BCUT2D eigenvalue weighted by atomic mass is 10.0. The molecule has 0 bridgehead atoms. The molecule has 0 fully saturated rings. The van der Waals surface area contributed by atoms with Crippen molar-refractivity contribution in [2.75, 3.05) is 33.0 Å². The van der Waals surface area contributed by atoms with E-state index in [0.29, 0.717) is 31.2 Å². The molecule has 1 aromatic heterocycles. The van der Waals surface area contributed by atoms with E-state index in [-0.39, 0.29) is 19.6 Å². The lowest BCUT2D eigenvalue weighted by Gasteiger charge is -2.28. The zero-order valence-corrected chi connectivity index (χ0v) is 20.4. The Hall–Kier alpha value is -1.20. The number of unbranched alkanes of at least 4 members (excludes halogenated alkanes) is 3. The maximum absolute atomic E-state index is 10.9. The van der Waals surface area contributed by atoms with Crippen molar-refractivity contribution in [2.24, 2.45) is 0 Å². The second-order valence-corrected chi connectivity index (χ2v) is 8.23. The van der Waals surface area contributed by atoms with E-state index in [1.165, 1.54) is 12.4 Å². The van der Waals surface area contributed by atoms with E-state index in [2.05, 4.69) is 9.97 Å². The van der Waals surface area contributed by atoms with Gasteiger partial charge < -0.3 is 34.6 Å². The third-order valence-electron chi connectivity index (χ3n) is 5.37. The van der Waals surface area contributed by atoms with Crippen LogP contribution < -0.4 is 0 Å². The fourth-order valence-electron chi connectivity index (χ4n) is 3.17. The van der Waals surface area contributed by atoms with E-state index in [1.807, 2.05) is 20.8 Å². The summed E-state index contributed by atoms with van der Waals surface area (Å²) in [6, 6.07) is 0. The van der Waals surface area contributed by atoms with Gasteiger partial charge in [0.15, 0.2) is 0 Å². The molecule has 0 aromatic carbocycles. The zero-order valence-electron chi connectivity index (χ0n) is 20.4. The molecule has 0 aliphatic carbocycles. The molecule has 1 aromatic rings. The monoisotopic (exact) mass is 472 g/mol. The van der Waals surface area contributed by atoms with E-state index in [0.717, 1.165) is 38.5 Å². The third kappa shape index (κ3) is 11.2. The Balaban J connectivity index is 2.86. The van der Waals surface area contributed by atoms with Crippen LogP contribution >= 0.6 is 0 Å². The summed E-state index contributed by atoms with van der Waals surface area (Å²) in [5.41, 5.74) is 0.954. The average molecular weight is 473 g/mol. The standard InChI is InChI=1S/C24H44N2O7/c1-4-7-10-31-21(16-27)20(29)13-18-14-26-19(15-25-18)24(33-12-9-6-3)23(30)22(17-28)32-11-8-5-2/h14-15,20-24,27-30H,4-13,16-17H2,1-3H3/t20-,21-,22-,23+,24-/m0/s1. The van der Waals surface area contributed by atoms with E-state index < -0.39 is 30.5 Å². The lowest BCUT2D eigenvalue weighted by Crippen LogP contribution is -2.39. The van der Waals surface area contributed by atoms with Crippen LogP contribution in [0.2, 0.25) is 0 Å². The van der Waals surface area contributed by atoms with Crippen LogP contribution in [0.25, 0.3) is 0 Å². The smallest absolute Gasteiger partial charge is 0.129 e. The number of aliphatic hydroxyl groups excluding tert-OH is 4. The Kier molecular flexibility index (Phi) is 16.4. The van der Waals surface area contributed by atoms with Crippen molar-refractivity contribution in [1.29, 1.82) is 0 Å². The highest BCUT2D eigenvalue weighted by Crippen LogP contribution is 2.24. The van der Waals surface area contributed by atoms with Crippen LogP contribution in [-0.2, 0) is 20.6 Å². The first-order chi connectivity index (χ1) is 16.0. The fraction of sp³-hybridized carbons (Fsp3) is 0.833. The van der Waals surface area contributed by atoms with Gasteiger partial charge in [-0.25, -0.2) is 0 Å². The fourth-order valence-corrected chi connectivity index (χ4v) is 3.17. The molecule has 192 valence electrons. The molecule has 9 nitrogen and oxygen atoms in total. The second kappa shape index (κ2) is 18.2. The number of ether oxygens (including phenoxy) is 3. The van der Waals surface area contributed by atoms with Crippen LogP contribution in [0.15, 0.2) is 12.4 Å². The number of hydrogen-bond acceptors (Lipinski definition) is 9. The first-order valence-corrected chi connectivity index (χ1v) is 12.3. The number of hydrogen-bond donors (Lipinski definition) is 4. The summed E-state index contributed by atoms with van der Waals surface area (Å²) in [5.74, 6) is 0. The van der Waals surface area contributed by atoms with Gasteiger partial charge in [-0.15, -0.1) is 0 Å². The van der Waals surface area contributed by atoms with Crippen molar-refractivity contribution < 1.29 is 34.6 Å². The molecule has 0 radical (unpaired) electrons. The quantitative estimate of drug-likeness (QED) is 0.210. The van der Waals surface area contributed by atoms with Crippen LogP contribution in [0, 0.1) is 0 Å². The van der Waals surface area contributed by atoms with Crippen molar-refractivity contribution in [3.05, 3.63) is 23.8 Å². The molecule has 1 heterocycles. The van der Waals surface area contributed by atoms with Crippen LogP contribution in [0.3, 0.4) is 0 Å². The SMILES string of the molecule is CCCCO[C@@H](CO)[C@@H](O)[C@@H](OCCCC)c1cnc(C[C@H](O)[C@H](CO)OCCCC)cn1. The van der Waals surface area contributed by atoms with Crippen molar-refractivity contribution >= 4 is 0 Å². The van der Waals surface area contributed by atoms with Gasteiger partial charge in [0.25, 0.3) is 0 Å². The Morgan fingerprint density at radius 3 is 1.79 bits per heavy atom. The highest BCUT2D eigenvalue weighted by molar-refractivity contribution is 5.09. The van der Waals surface area contributed by atoms with Gasteiger partial charge in [0.1, 0.15) is 24.4 Å². The molecule has 0 aliphatic rings. The predicted octanol–water partition coefficient (Wildman–Crippen LogP) is 1.95. The first kappa shape index (κ1) is 29.8. The van der Waals surface area contributed by atoms with Gasteiger partial charge in [0, 0.05) is 32.4 Å². The van der Waals surface area contributed by atoms with Gasteiger partial charge in [0.2, 0.25) is 0 Å². The zero-order chi connectivity index (χ0) is 24.5.